The van der Waals surface area contributed by atoms with Crippen LogP contribution >= 0.6 is 0 Å². The van der Waals surface area contributed by atoms with Crippen LogP contribution < -0.4 is 10.6 Å². The molecule has 1 aromatic rings. The topological polar surface area (TPSA) is 111 Å². The standard InChI is InChI=1S/C16H18N2O6/c1-3-23-15(21)13(16(22)24-4-2)14(20)17-10-6-5-9-7-12(19)18-11(9)8-10/h5-6,8,13H,3-4,7H2,1-2H3,(H,17,20)(H,18,19). The van der Waals surface area contributed by atoms with E-state index in [4.69, 9.17) is 9.47 Å². The van der Waals surface area contributed by atoms with E-state index in [-0.39, 0.29) is 25.5 Å². The maximum absolute atomic E-state index is 12.3. The van der Waals surface area contributed by atoms with Crippen LogP contribution in [0.5, 0.6) is 0 Å². The Kier molecular flexibility index (Phi) is 5.51. The molecule has 2 N–H and O–H groups in total. The lowest BCUT2D eigenvalue weighted by Gasteiger charge is -2.14. The van der Waals surface area contributed by atoms with E-state index >= 15 is 0 Å². The van der Waals surface area contributed by atoms with Crippen LogP contribution in [-0.2, 0) is 35.1 Å². The number of carbonyl (C=O) groups is 4. The molecule has 0 radical (unpaired) electrons. The minimum absolute atomic E-state index is 0.0346. The van der Waals surface area contributed by atoms with Crippen LogP contribution in [0.3, 0.4) is 0 Å². The van der Waals surface area contributed by atoms with Gasteiger partial charge in [-0.15, -0.1) is 0 Å². The summed E-state index contributed by atoms with van der Waals surface area (Å²) in [5, 5.41) is 5.13. The number of carbonyl (C=O) groups excluding carboxylic acids is 4. The van der Waals surface area contributed by atoms with Crippen molar-refractivity contribution in [2.24, 2.45) is 5.92 Å². The number of anilines is 2. The Morgan fingerprint density at radius 3 is 2.38 bits per heavy atom. The normalized spacial score (nSPS) is 12.4. The van der Waals surface area contributed by atoms with Gasteiger partial charge in [-0.1, -0.05) is 6.07 Å². The second-order valence-corrected chi connectivity index (χ2v) is 5.02. The van der Waals surface area contributed by atoms with Crippen LogP contribution in [-0.4, -0.2) is 37.0 Å². The zero-order valence-corrected chi connectivity index (χ0v) is 13.4. The van der Waals surface area contributed by atoms with E-state index in [9.17, 15) is 19.2 Å². The summed E-state index contributed by atoms with van der Waals surface area (Å²) in [7, 11) is 0. The van der Waals surface area contributed by atoms with E-state index in [1.54, 1.807) is 32.0 Å². The third-order valence-corrected chi connectivity index (χ3v) is 3.31. The van der Waals surface area contributed by atoms with E-state index < -0.39 is 23.8 Å². The number of hydrogen-bond acceptors (Lipinski definition) is 6. The van der Waals surface area contributed by atoms with Gasteiger partial charge in [-0.25, -0.2) is 0 Å². The number of ether oxygens (including phenoxy) is 2. The molecule has 0 atom stereocenters. The van der Waals surface area contributed by atoms with Gasteiger partial charge in [0.05, 0.1) is 19.6 Å². The Labute approximate surface area is 138 Å². The van der Waals surface area contributed by atoms with Crippen molar-refractivity contribution in [3.8, 4) is 0 Å². The van der Waals surface area contributed by atoms with Crippen LogP contribution in [0, 0.1) is 5.92 Å². The van der Waals surface area contributed by atoms with Gasteiger partial charge in [0, 0.05) is 11.4 Å². The summed E-state index contributed by atoms with van der Waals surface area (Å²) < 4.78 is 9.52. The molecule has 0 unspecified atom stereocenters. The van der Waals surface area contributed by atoms with Crippen LogP contribution in [0.4, 0.5) is 11.4 Å². The Bertz CT molecular complexity index is 667. The van der Waals surface area contributed by atoms with Crippen LogP contribution in [0.2, 0.25) is 0 Å². The Morgan fingerprint density at radius 1 is 1.17 bits per heavy atom. The zero-order chi connectivity index (χ0) is 17.7. The Morgan fingerprint density at radius 2 is 1.79 bits per heavy atom. The second-order valence-electron chi connectivity index (χ2n) is 5.02. The van der Waals surface area contributed by atoms with Crippen molar-refractivity contribution in [3.63, 3.8) is 0 Å². The smallest absolute Gasteiger partial charge is 0.330 e. The van der Waals surface area contributed by atoms with E-state index in [1.807, 2.05) is 0 Å². The number of nitrogens with one attached hydrogen (secondary N) is 2. The summed E-state index contributed by atoms with van der Waals surface area (Å²) in [4.78, 5) is 47.4. The molecule has 24 heavy (non-hydrogen) atoms. The molecule has 0 saturated heterocycles. The summed E-state index contributed by atoms with van der Waals surface area (Å²) in [6.07, 6.45) is 0.276. The van der Waals surface area contributed by atoms with Gasteiger partial charge in [-0.2, -0.15) is 0 Å². The molecule has 8 nitrogen and oxygen atoms in total. The van der Waals surface area contributed by atoms with Gasteiger partial charge in [0.15, 0.2) is 0 Å². The first kappa shape index (κ1) is 17.5. The number of fused-ring (bicyclic) bond motifs is 1. The average Bonchev–Trinajstić information content (AvgIpc) is 2.87. The lowest BCUT2D eigenvalue weighted by molar-refractivity contribution is -0.163. The molecule has 0 aliphatic carbocycles. The highest BCUT2D eigenvalue weighted by Gasteiger charge is 2.37. The van der Waals surface area contributed by atoms with Crippen LogP contribution in [0.15, 0.2) is 18.2 Å². The summed E-state index contributed by atoms with van der Waals surface area (Å²) >= 11 is 0. The zero-order valence-electron chi connectivity index (χ0n) is 13.4. The average molecular weight is 334 g/mol. The van der Waals surface area contributed by atoms with Crippen molar-refractivity contribution in [3.05, 3.63) is 23.8 Å². The lowest BCUT2D eigenvalue weighted by Crippen LogP contribution is -2.38. The highest BCUT2D eigenvalue weighted by Crippen LogP contribution is 2.26. The lowest BCUT2D eigenvalue weighted by atomic mass is 10.1. The maximum atomic E-state index is 12.3. The van der Waals surface area contributed by atoms with Gasteiger partial charge < -0.3 is 20.1 Å². The van der Waals surface area contributed by atoms with E-state index in [0.29, 0.717) is 11.4 Å². The van der Waals surface area contributed by atoms with Gasteiger partial charge >= 0.3 is 11.9 Å². The fourth-order valence-electron chi connectivity index (χ4n) is 2.27. The molecule has 0 saturated carbocycles. The van der Waals surface area contributed by atoms with E-state index in [2.05, 4.69) is 10.6 Å². The van der Waals surface area contributed by atoms with Crippen molar-refractivity contribution in [2.75, 3.05) is 23.8 Å². The summed E-state index contributed by atoms with van der Waals surface area (Å²) in [6.45, 7) is 3.21. The number of esters is 2. The summed E-state index contributed by atoms with van der Waals surface area (Å²) in [6, 6.07) is 4.84. The first-order chi connectivity index (χ1) is 11.5. The summed E-state index contributed by atoms with van der Waals surface area (Å²) in [5.41, 5.74) is 1.74. The molecule has 1 aliphatic heterocycles. The molecule has 0 spiro atoms. The number of benzene rings is 1. The molecular formula is C16H18N2O6. The maximum Gasteiger partial charge on any atom is 0.330 e. The van der Waals surface area contributed by atoms with Crippen molar-refractivity contribution in [1.29, 1.82) is 0 Å². The van der Waals surface area contributed by atoms with Crippen molar-refractivity contribution in [1.82, 2.24) is 0 Å². The first-order valence-corrected chi connectivity index (χ1v) is 7.53. The highest BCUT2D eigenvalue weighted by molar-refractivity contribution is 6.18. The quantitative estimate of drug-likeness (QED) is 0.590. The molecule has 1 aliphatic rings. The van der Waals surface area contributed by atoms with Crippen LogP contribution in [0.1, 0.15) is 19.4 Å². The molecule has 0 bridgehead atoms. The predicted molar refractivity (Wildman–Crippen MR) is 84.2 cm³/mol. The molecular weight excluding hydrogens is 316 g/mol. The predicted octanol–water partition coefficient (Wildman–Crippen LogP) is 0.862. The van der Waals surface area contributed by atoms with Crippen molar-refractivity contribution < 1.29 is 28.7 Å². The minimum atomic E-state index is -1.70. The third-order valence-electron chi connectivity index (χ3n) is 3.31. The van der Waals surface area contributed by atoms with Crippen molar-refractivity contribution in [2.45, 2.75) is 20.3 Å². The molecule has 0 fully saturated rings. The van der Waals surface area contributed by atoms with Gasteiger partial charge in [0.2, 0.25) is 17.7 Å². The Balaban J connectivity index is 2.15. The monoisotopic (exact) mass is 334 g/mol. The number of amides is 2. The SMILES string of the molecule is CCOC(=O)C(C(=O)Nc1ccc2c(c1)NC(=O)C2)C(=O)OCC. The van der Waals surface area contributed by atoms with Gasteiger partial charge in [0.25, 0.3) is 0 Å². The molecule has 1 aromatic carbocycles. The molecule has 128 valence electrons. The van der Waals surface area contributed by atoms with Crippen molar-refractivity contribution >= 4 is 35.1 Å². The molecule has 2 amide bonds. The molecule has 8 heteroatoms. The third kappa shape index (κ3) is 3.89. The largest absolute Gasteiger partial charge is 0.465 e. The molecule has 0 aromatic heterocycles. The fourth-order valence-corrected chi connectivity index (χ4v) is 2.27. The molecule has 1 heterocycles. The van der Waals surface area contributed by atoms with Gasteiger partial charge in [0.1, 0.15) is 0 Å². The second kappa shape index (κ2) is 7.58. The van der Waals surface area contributed by atoms with Gasteiger partial charge in [-0.05, 0) is 31.5 Å². The fraction of sp³-hybridized carbons (Fsp3) is 0.375. The minimum Gasteiger partial charge on any atom is -0.465 e. The Hall–Kier alpha value is -2.90. The first-order valence-electron chi connectivity index (χ1n) is 7.53. The highest BCUT2D eigenvalue weighted by atomic mass is 16.6. The van der Waals surface area contributed by atoms with Gasteiger partial charge in [-0.3, -0.25) is 19.2 Å². The summed E-state index contributed by atoms with van der Waals surface area (Å²) in [5.74, 6) is -4.63. The van der Waals surface area contributed by atoms with E-state index in [1.165, 1.54) is 0 Å². The number of rotatable bonds is 6. The molecule has 2 rings (SSSR count). The number of hydrogen-bond donors (Lipinski definition) is 2. The van der Waals surface area contributed by atoms with Crippen LogP contribution in [0.25, 0.3) is 0 Å². The van der Waals surface area contributed by atoms with E-state index in [0.717, 1.165) is 5.56 Å².